The number of carbonyl (C=O) groups excluding carboxylic acids is 2. The summed E-state index contributed by atoms with van der Waals surface area (Å²) in [5, 5.41) is 17.5. The minimum absolute atomic E-state index is 0.139. The van der Waals surface area contributed by atoms with Crippen LogP contribution in [0.15, 0.2) is 60.7 Å². The number of H-pyrrole nitrogens is 1. The van der Waals surface area contributed by atoms with E-state index in [1.807, 2.05) is 29.2 Å². The van der Waals surface area contributed by atoms with Gasteiger partial charge in [0.2, 0.25) is 5.91 Å². The second-order valence-corrected chi connectivity index (χ2v) is 13.5. The molecular weight excluding hydrogens is 632 g/mol. The number of anilines is 3. The van der Waals surface area contributed by atoms with E-state index in [4.69, 9.17) is 9.47 Å². The van der Waals surface area contributed by atoms with Crippen molar-refractivity contribution in [3.05, 3.63) is 77.4 Å². The first-order chi connectivity index (χ1) is 24.5. The SMILES string of the molecule is Cn1c(-c2ccc(OCc3cc(N4CCCC4=O)ccc3N3CCOCC3)cc2)c(C2CCCCC2)c2ccc(C(=O)Nc3nn[nH]n3)cc21. The molecule has 2 aromatic heterocycles. The normalized spacial score (nSPS) is 17.1. The number of nitrogens with one attached hydrogen (secondary N) is 2. The second kappa shape index (κ2) is 13.9. The molecule has 3 fully saturated rings. The number of amides is 2. The van der Waals surface area contributed by atoms with Crippen LogP contribution in [0.1, 0.15) is 72.3 Å². The van der Waals surface area contributed by atoms with E-state index < -0.39 is 0 Å². The van der Waals surface area contributed by atoms with Crippen LogP contribution in [-0.2, 0) is 23.2 Å². The second-order valence-electron chi connectivity index (χ2n) is 13.5. The fourth-order valence-electron chi connectivity index (χ4n) is 7.91. The molecule has 3 aromatic carbocycles. The quantitative estimate of drug-likeness (QED) is 0.189. The molecule has 0 radical (unpaired) electrons. The Balaban J connectivity index is 1.08. The van der Waals surface area contributed by atoms with Crippen molar-refractivity contribution >= 4 is 40.0 Å². The number of fused-ring (bicyclic) bond motifs is 1. The Morgan fingerprint density at radius 3 is 2.54 bits per heavy atom. The van der Waals surface area contributed by atoms with Crippen LogP contribution in [0.3, 0.4) is 0 Å². The average molecular weight is 675 g/mol. The van der Waals surface area contributed by atoms with Gasteiger partial charge in [0.15, 0.2) is 0 Å². The molecule has 5 aromatic rings. The summed E-state index contributed by atoms with van der Waals surface area (Å²) in [6, 6.07) is 20.6. The minimum atomic E-state index is -0.286. The number of benzene rings is 3. The third kappa shape index (κ3) is 6.31. The zero-order chi connectivity index (χ0) is 34.0. The number of rotatable bonds is 9. The molecule has 2 aliphatic heterocycles. The van der Waals surface area contributed by atoms with Gasteiger partial charge >= 0.3 is 0 Å². The van der Waals surface area contributed by atoms with Crippen LogP contribution in [0.4, 0.5) is 17.3 Å². The molecule has 3 aliphatic rings. The van der Waals surface area contributed by atoms with E-state index in [0.29, 0.717) is 37.7 Å². The van der Waals surface area contributed by atoms with Crippen molar-refractivity contribution < 1.29 is 19.1 Å². The van der Waals surface area contributed by atoms with Gasteiger partial charge in [-0.1, -0.05) is 30.4 Å². The van der Waals surface area contributed by atoms with Gasteiger partial charge in [-0.2, -0.15) is 5.21 Å². The van der Waals surface area contributed by atoms with E-state index in [-0.39, 0.29) is 17.8 Å². The molecule has 2 amide bonds. The van der Waals surface area contributed by atoms with Gasteiger partial charge in [-0.05, 0) is 96.1 Å². The molecule has 2 N–H and O–H groups in total. The zero-order valence-electron chi connectivity index (χ0n) is 28.4. The van der Waals surface area contributed by atoms with Gasteiger partial charge in [-0.25, -0.2) is 0 Å². The lowest BCUT2D eigenvalue weighted by Crippen LogP contribution is -2.37. The number of morpholine rings is 1. The number of hydrogen-bond donors (Lipinski definition) is 2. The first kappa shape index (κ1) is 32.0. The average Bonchev–Trinajstić information content (AvgIpc) is 3.91. The van der Waals surface area contributed by atoms with Crippen molar-refractivity contribution in [2.24, 2.45) is 7.05 Å². The van der Waals surface area contributed by atoms with Gasteiger partial charge in [0.1, 0.15) is 12.4 Å². The molecular formula is C38H42N8O4. The molecule has 12 heteroatoms. The summed E-state index contributed by atoms with van der Waals surface area (Å²) in [6.45, 7) is 4.17. The van der Waals surface area contributed by atoms with Crippen LogP contribution in [0, 0.1) is 0 Å². The molecule has 1 aliphatic carbocycles. The van der Waals surface area contributed by atoms with E-state index in [0.717, 1.165) is 72.7 Å². The maximum atomic E-state index is 13.1. The summed E-state index contributed by atoms with van der Waals surface area (Å²) >= 11 is 0. The lowest BCUT2D eigenvalue weighted by Gasteiger charge is -2.31. The van der Waals surface area contributed by atoms with E-state index in [9.17, 15) is 9.59 Å². The topological polar surface area (TPSA) is 130 Å². The van der Waals surface area contributed by atoms with Crippen LogP contribution in [0.25, 0.3) is 22.2 Å². The minimum Gasteiger partial charge on any atom is -0.489 e. The highest BCUT2D eigenvalue weighted by molar-refractivity contribution is 6.06. The third-order valence-electron chi connectivity index (χ3n) is 10.4. The number of hydrogen-bond acceptors (Lipinski definition) is 8. The summed E-state index contributed by atoms with van der Waals surface area (Å²) in [7, 11) is 2.08. The van der Waals surface area contributed by atoms with Crippen molar-refractivity contribution in [3.8, 4) is 17.0 Å². The maximum absolute atomic E-state index is 13.1. The molecule has 0 atom stereocenters. The van der Waals surface area contributed by atoms with Crippen molar-refractivity contribution in [2.45, 2.75) is 57.5 Å². The number of carbonyl (C=O) groups is 2. The predicted molar refractivity (Wildman–Crippen MR) is 192 cm³/mol. The Bertz CT molecular complexity index is 1990. The number of aromatic nitrogens is 5. The Hall–Kier alpha value is -5.23. The first-order valence-electron chi connectivity index (χ1n) is 17.7. The molecule has 50 heavy (non-hydrogen) atoms. The Morgan fingerprint density at radius 1 is 0.980 bits per heavy atom. The monoisotopic (exact) mass is 674 g/mol. The van der Waals surface area contributed by atoms with Crippen LogP contribution in [0.2, 0.25) is 0 Å². The van der Waals surface area contributed by atoms with Crippen molar-refractivity contribution in [1.82, 2.24) is 25.2 Å². The predicted octanol–water partition coefficient (Wildman–Crippen LogP) is 6.20. The molecule has 0 bridgehead atoms. The van der Waals surface area contributed by atoms with Gasteiger partial charge < -0.3 is 23.8 Å². The molecule has 4 heterocycles. The number of ether oxygens (including phenoxy) is 2. The summed E-state index contributed by atoms with van der Waals surface area (Å²) < 4.78 is 14.3. The fraction of sp³-hybridized carbons (Fsp3) is 0.395. The van der Waals surface area contributed by atoms with Crippen LogP contribution in [-0.4, -0.2) is 69.9 Å². The highest BCUT2D eigenvalue weighted by Gasteiger charge is 2.27. The van der Waals surface area contributed by atoms with Gasteiger partial charge in [0, 0.05) is 66.5 Å². The van der Waals surface area contributed by atoms with E-state index in [1.165, 1.54) is 35.9 Å². The van der Waals surface area contributed by atoms with Gasteiger partial charge in [0.25, 0.3) is 11.9 Å². The zero-order valence-corrected chi connectivity index (χ0v) is 28.4. The van der Waals surface area contributed by atoms with Crippen LogP contribution >= 0.6 is 0 Å². The molecule has 8 rings (SSSR count). The van der Waals surface area contributed by atoms with Crippen LogP contribution in [0.5, 0.6) is 5.75 Å². The molecule has 0 unspecified atom stereocenters. The Labute approximate surface area is 290 Å². The maximum Gasteiger partial charge on any atom is 0.270 e. The summed E-state index contributed by atoms with van der Waals surface area (Å²) in [5.41, 5.74) is 8.28. The molecule has 12 nitrogen and oxygen atoms in total. The number of aromatic amines is 1. The van der Waals surface area contributed by atoms with Gasteiger partial charge in [0.05, 0.1) is 18.9 Å². The molecule has 1 saturated carbocycles. The summed E-state index contributed by atoms with van der Waals surface area (Å²) in [4.78, 5) is 29.8. The van der Waals surface area contributed by atoms with Crippen molar-refractivity contribution in [1.29, 1.82) is 0 Å². The number of aryl methyl sites for hydroxylation is 1. The van der Waals surface area contributed by atoms with E-state index in [2.05, 4.69) is 78.9 Å². The van der Waals surface area contributed by atoms with Crippen molar-refractivity contribution in [3.63, 3.8) is 0 Å². The smallest absolute Gasteiger partial charge is 0.270 e. The Morgan fingerprint density at radius 2 is 1.80 bits per heavy atom. The first-order valence-corrected chi connectivity index (χ1v) is 17.7. The van der Waals surface area contributed by atoms with Crippen LogP contribution < -0.4 is 19.9 Å². The van der Waals surface area contributed by atoms with Gasteiger partial charge in [-0.15, -0.1) is 5.10 Å². The largest absolute Gasteiger partial charge is 0.489 e. The lowest BCUT2D eigenvalue weighted by molar-refractivity contribution is -0.117. The molecule has 258 valence electrons. The Kier molecular flexibility index (Phi) is 8.93. The standard InChI is InChI=1S/C38H42N8O4/c1-44-33-23-27(37(48)39-38-40-42-43-41-38)11-15-31(33)35(25-6-3-2-4-7-25)36(44)26-9-13-30(14-10-26)50-24-28-22-29(46-17-5-8-34(46)47)12-16-32(28)45-18-20-49-21-19-45/h9-16,22-23,25H,2-8,17-21,24H2,1H3,(H2,39,40,41,42,43,48). The number of nitrogens with zero attached hydrogens (tertiary/aromatic N) is 6. The van der Waals surface area contributed by atoms with Crippen molar-refractivity contribution in [2.75, 3.05) is 48.0 Å². The summed E-state index contributed by atoms with van der Waals surface area (Å²) in [5.74, 6) is 1.26. The lowest BCUT2D eigenvalue weighted by atomic mass is 9.82. The molecule has 0 spiro atoms. The van der Waals surface area contributed by atoms with Gasteiger partial charge in [-0.3, -0.25) is 14.9 Å². The van der Waals surface area contributed by atoms with E-state index in [1.54, 1.807) is 0 Å². The van der Waals surface area contributed by atoms with E-state index >= 15 is 0 Å². The number of tetrazole rings is 1. The molecule has 2 saturated heterocycles. The highest BCUT2D eigenvalue weighted by atomic mass is 16.5. The summed E-state index contributed by atoms with van der Waals surface area (Å²) in [6.07, 6.45) is 7.51. The third-order valence-corrected chi connectivity index (χ3v) is 10.4. The fourth-order valence-corrected chi connectivity index (χ4v) is 7.91. The highest BCUT2D eigenvalue weighted by Crippen LogP contribution is 2.44.